The molecule has 0 atom stereocenters. The number of halogens is 1. The molecule has 3 nitrogen and oxygen atoms in total. The van der Waals surface area contributed by atoms with Crippen LogP contribution in [0.15, 0.2) is 48.5 Å². The molecule has 1 amide bonds. The van der Waals surface area contributed by atoms with Crippen LogP contribution in [0.3, 0.4) is 0 Å². The van der Waals surface area contributed by atoms with Crippen LogP contribution in [-0.2, 0) is 17.1 Å². The van der Waals surface area contributed by atoms with E-state index in [0.29, 0.717) is 12.3 Å². The number of piperidine rings is 1. The fourth-order valence-electron chi connectivity index (χ4n) is 3.07. The Bertz CT molecular complexity index is 697. The van der Waals surface area contributed by atoms with E-state index in [1.165, 1.54) is 30.5 Å². The van der Waals surface area contributed by atoms with Gasteiger partial charge < -0.3 is 10.2 Å². The Labute approximate surface area is 165 Å². The quantitative estimate of drug-likeness (QED) is 0.733. The van der Waals surface area contributed by atoms with E-state index >= 15 is 0 Å². The van der Waals surface area contributed by atoms with Crippen molar-refractivity contribution in [3.63, 3.8) is 0 Å². The number of carbonyl (C=O) groups excluding carboxylic acids is 1. The molecule has 0 radical (unpaired) electrons. The van der Waals surface area contributed by atoms with Crippen molar-refractivity contribution in [2.75, 3.05) is 23.7 Å². The highest BCUT2D eigenvalue weighted by Gasteiger charge is 2.10. The molecule has 2 aromatic carbocycles. The number of thioether (sulfide) groups is 1. The number of hydrogen-bond acceptors (Lipinski definition) is 3. The fraction of sp³-hybridized carbons (Fsp3) is 0.381. The van der Waals surface area contributed by atoms with Crippen LogP contribution in [0.2, 0.25) is 5.02 Å². The molecule has 1 N–H and O–H groups in total. The lowest BCUT2D eigenvalue weighted by molar-refractivity contribution is -0.118. The Morgan fingerprint density at radius 1 is 0.962 bits per heavy atom. The molecule has 1 fully saturated rings. The lowest BCUT2D eigenvalue weighted by Gasteiger charge is -2.28. The maximum atomic E-state index is 12.0. The minimum absolute atomic E-state index is 0.0732. The van der Waals surface area contributed by atoms with Gasteiger partial charge in [-0.25, -0.2) is 0 Å². The van der Waals surface area contributed by atoms with Crippen LogP contribution in [0.5, 0.6) is 0 Å². The molecule has 0 unspecified atom stereocenters. The molecule has 0 aromatic heterocycles. The highest BCUT2D eigenvalue weighted by atomic mass is 35.5. The highest BCUT2D eigenvalue weighted by Crippen LogP contribution is 2.20. The van der Waals surface area contributed by atoms with E-state index in [0.717, 1.165) is 29.4 Å². The third kappa shape index (κ3) is 5.96. The van der Waals surface area contributed by atoms with Gasteiger partial charge in [0.1, 0.15) is 0 Å². The van der Waals surface area contributed by atoms with Gasteiger partial charge in [0.15, 0.2) is 0 Å². The van der Waals surface area contributed by atoms with E-state index in [4.69, 9.17) is 11.6 Å². The first-order chi connectivity index (χ1) is 12.7. The Kier molecular flexibility index (Phi) is 7.27. The Balaban J connectivity index is 1.37. The molecule has 0 spiro atoms. The zero-order chi connectivity index (χ0) is 18.2. The van der Waals surface area contributed by atoms with E-state index in [1.807, 2.05) is 24.3 Å². The standard InChI is InChI=1S/C21H25ClN2OS/c22-19-8-4-18(5-9-19)15-26-16-21(25)23-14-17-6-10-20(11-7-17)24-12-2-1-3-13-24/h4-11H,1-3,12-16H2,(H,23,25). The molecule has 3 rings (SSSR count). The van der Waals surface area contributed by atoms with Crippen LogP contribution < -0.4 is 10.2 Å². The molecule has 0 bridgehead atoms. The van der Waals surface area contributed by atoms with Crippen molar-refractivity contribution in [2.45, 2.75) is 31.6 Å². The van der Waals surface area contributed by atoms with Crippen molar-refractivity contribution in [1.29, 1.82) is 0 Å². The summed E-state index contributed by atoms with van der Waals surface area (Å²) >= 11 is 7.49. The largest absolute Gasteiger partial charge is 0.372 e. The third-order valence-corrected chi connectivity index (χ3v) is 5.82. The molecule has 1 heterocycles. The topological polar surface area (TPSA) is 32.3 Å². The maximum absolute atomic E-state index is 12.0. The molecule has 0 aliphatic carbocycles. The zero-order valence-corrected chi connectivity index (χ0v) is 16.5. The molecular weight excluding hydrogens is 364 g/mol. The smallest absolute Gasteiger partial charge is 0.230 e. The van der Waals surface area contributed by atoms with E-state index in [9.17, 15) is 4.79 Å². The predicted octanol–water partition coefficient (Wildman–Crippen LogP) is 4.88. The van der Waals surface area contributed by atoms with Crippen molar-refractivity contribution in [2.24, 2.45) is 0 Å². The summed E-state index contributed by atoms with van der Waals surface area (Å²) in [6.45, 7) is 2.89. The van der Waals surface area contributed by atoms with Crippen molar-refractivity contribution >= 4 is 35.0 Å². The van der Waals surface area contributed by atoms with Crippen molar-refractivity contribution in [3.05, 3.63) is 64.7 Å². The van der Waals surface area contributed by atoms with Gasteiger partial charge in [0.2, 0.25) is 5.91 Å². The average Bonchev–Trinajstić information content (AvgIpc) is 2.69. The molecule has 5 heteroatoms. The first-order valence-corrected chi connectivity index (χ1v) is 10.7. The number of nitrogens with one attached hydrogen (secondary N) is 1. The van der Waals surface area contributed by atoms with Crippen molar-refractivity contribution in [1.82, 2.24) is 5.32 Å². The van der Waals surface area contributed by atoms with Crippen molar-refractivity contribution in [3.8, 4) is 0 Å². The summed E-state index contributed by atoms with van der Waals surface area (Å²) in [6, 6.07) is 16.3. The summed E-state index contributed by atoms with van der Waals surface area (Å²) in [5.74, 6) is 1.35. The summed E-state index contributed by atoms with van der Waals surface area (Å²) in [5, 5.41) is 3.74. The van der Waals surface area contributed by atoms with Gasteiger partial charge >= 0.3 is 0 Å². The molecule has 1 aliphatic rings. The molecule has 0 saturated carbocycles. The summed E-state index contributed by atoms with van der Waals surface area (Å²) in [6.07, 6.45) is 3.91. The van der Waals surface area contributed by atoms with E-state index in [2.05, 4.69) is 34.5 Å². The normalized spacial score (nSPS) is 14.3. The number of carbonyl (C=O) groups is 1. The first-order valence-electron chi connectivity index (χ1n) is 9.13. The number of benzene rings is 2. The van der Waals surface area contributed by atoms with Crippen LogP contribution in [0.4, 0.5) is 5.69 Å². The molecule has 2 aromatic rings. The second-order valence-corrected chi connectivity index (χ2v) is 8.03. The summed E-state index contributed by atoms with van der Waals surface area (Å²) in [5.41, 5.74) is 3.61. The minimum Gasteiger partial charge on any atom is -0.372 e. The summed E-state index contributed by atoms with van der Waals surface area (Å²) in [4.78, 5) is 14.5. The minimum atomic E-state index is 0.0732. The predicted molar refractivity (Wildman–Crippen MR) is 112 cm³/mol. The second-order valence-electron chi connectivity index (χ2n) is 6.61. The summed E-state index contributed by atoms with van der Waals surface area (Å²) in [7, 11) is 0. The van der Waals surface area contributed by atoms with Crippen LogP contribution >= 0.6 is 23.4 Å². The van der Waals surface area contributed by atoms with Crippen LogP contribution in [0.1, 0.15) is 30.4 Å². The molecule has 1 saturated heterocycles. The van der Waals surface area contributed by atoms with Gasteiger partial charge in [0.05, 0.1) is 5.75 Å². The summed E-state index contributed by atoms with van der Waals surface area (Å²) < 4.78 is 0. The SMILES string of the molecule is O=C(CSCc1ccc(Cl)cc1)NCc1ccc(N2CCCCC2)cc1. The number of hydrogen-bond donors (Lipinski definition) is 1. The fourth-order valence-corrected chi connectivity index (χ4v) is 4.01. The molecular formula is C21H25ClN2OS. The molecule has 1 aliphatic heterocycles. The second kappa shape index (κ2) is 9.89. The zero-order valence-electron chi connectivity index (χ0n) is 14.9. The van der Waals surface area contributed by atoms with Crippen LogP contribution in [0.25, 0.3) is 0 Å². The number of rotatable bonds is 7. The number of nitrogens with zero attached hydrogens (tertiary/aromatic N) is 1. The first kappa shape index (κ1) is 19.1. The Morgan fingerprint density at radius 3 is 2.31 bits per heavy atom. The van der Waals surface area contributed by atoms with E-state index < -0.39 is 0 Å². The van der Waals surface area contributed by atoms with Crippen molar-refractivity contribution < 1.29 is 4.79 Å². The van der Waals surface area contributed by atoms with Crippen LogP contribution in [0, 0.1) is 0 Å². The van der Waals surface area contributed by atoms with Gasteiger partial charge in [-0.1, -0.05) is 35.9 Å². The van der Waals surface area contributed by atoms with Gasteiger partial charge in [-0.05, 0) is 54.7 Å². The third-order valence-electron chi connectivity index (χ3n) is 4.56. The highest BCUT2D eigenvalue weighted by molar-refractivity contribution is 7.99. The van der Waals surface area contributed by atoms with Crippen LogP contribution in [-0.4, -0.2) is 24.7 Å². The lowest BCUT2D eigenvalue weighted by atomic mass is 10.1. The number of anilines is 1. The van der Waals surface area contributed by atoms with E-state index in [1.54, 1.807) is 11.8 Å². The van der Waals surface area contributed by atoms with Gasteiger partial charge in [-0.3, -0.25) is 4.79 Å². The Morgan fingerprint density at radius 2 is 1.62 bits per heavy atom. The van der Waals surface area contributed by atoms with Gasteiger partial charge in [0.25, 0.3) is 0 Å². The average molecular weight is 389 g/mol. The molecule has 138 valence electrons. The van der Waals surface area contributed by atoms with Gasteiger partial charge in [-0.15, -0.1) is 11.8 Å². The maximum Gasteiger partial charge on any atom is 0.230 e. The lowest BCUT2D eigenvalue weighted by Crippen LogP contribution is -2.29. The van der Waals surface area contributed by atoms with Gasteiger partial charge in [0, 0.05) is 36.1 Å². The van der Waals surface area contributed by atoms with E-state index in [-0.39, 0.29) is 5.91 Å². The number of amides is 1. The van der Waals surface area contributed by atoms with Gasteiger partial charge in [-0.2, -0.15) is 0 Å². The Hall–Kier alpha value is -1.65. The molecule has 26 heavy (non-hydrogen) atoms. The monoisotopic (exact) mass is 388 g/mol.